The number of aromatic nitrogens is 2. The van der Waals surface area contributed by atoms with Gasteiger partial charge in [0, 0.05) is 21.5 Å². The predicted molar refractivity (Wildman–Crippen MR) is 88.6 cm³/mol. The molecular formula is C15H15N3OS2. The lowest BCUT2D eigenvalue weighted by atomic mass is 10.1. The Morgan fingerprint density at radius 2 is 2.24 bits per heavy atom. The van der Waals surface area contributed by atoms with E-state index in [-0.39, 0.29) is 5.91 Å². The number of hydrogen-bond donors (Lipinski definition) is 1. The van der Waals surface area contributed by atoms with Crippen LogP contribution in [0.5, 0.6) is 0 Å². The van der Waals surface area contributed by atoms with Gasteiger partial charge in [0.15, 0.2) is 5.16 Å². The summed E-state index contributed by atoms with van der Waals surface area (Å²) in [6.07, 6.45) is 4.66. The van der Waals surface area contributed by atoms with Gasteiger partial charge in [-0.15, -0.1) is 11.3 Å². The van der Waals surface area contributed by atoms with E-state index in [1.165, 1.54) is 4.88 Å². The molecule has 1 amide bonds. The quantitative estimate of drug-likeness (QED) is 0.531. The van der Waals surface area contributed by atoms with Crippen LogP contribution in [0.25, 0.3) is 11.6 Å². The lowest BCUT2D eigenvalue weighted by Gasteiger charge is -2.00. The Bertz CT molecular complexity index is 721. The zero-order valence-corrected chi connectivity index (χ0v) is 13.5. The molecule has 0 aliphatic carbocycles. The number of rotatable bonds is 4. The first-order chi connectivity index (χ1) is 10.2. The maximum absolute atomic E-state index is 12.1. The number of amides is 1. The van der Waals surface area contributed by atoms with Crippen molar-refractivity contribution in [2.45, 2.75) is 25.4 Å². The molecule has 108 valence electrons. The molecule has 21 heavy (non-hydrogen) atoms. The Labute approximate surface area is 131 Å². The van der Waals surface area contributed by atoms with Gasteiger partial charge in [-0.05, 0) is 30.4 Å². The van der Waals surface area contributed by atoms with Crippen molar-refractivity contribution in [1.29, 1.82) is 0 Å². The van der Waals surface area contributed by atoms with Gasteiger partial charge in [-0.25, -0.2) is 9.97 Å². The summed E-state index contributed by atoms with van der Waals surface area (Å²) in [7, 11) is 0. The Morgan fingerprint density at radius 3 is 2.95 bits per heavy atom. The minimum Gasteiger partial charge on any atom is -0.306 e. The summed E-state index contributed by atoms with van der Waals surface area (Å²) in [5.41, 5.74) is 1.43. The smallest absolute Gasteiger partial charge is 0.257 e. The van der Waals surface area contributed by atoms with Gasteiger partial charge in [-0.1, -0.05) is 25.6 Å². The molecule has 3 heterocycles. The van der Waals surface area contributed by atoms with Gasteiger partial charge in [-0.3, -0.25) is 4.79 Å². The molecule has 1 N–H and O–H groups in total. The van der Waals surface area contributed by atoms with Crippen molar-refractivity contribution in [3.63, 3.8) is 0 Å². The fourth-order valence-corrected chi connectivity index (χ4v) is 3.54. The van der Waals surface area contributed by atoms with E-state index in [9.17, 15) is 4.79 Å². The van der Waals surface area contributed by atoms with Crippen molar-refractivity contribution in [2.24, 2.45) is 0 Å². The highest BCUT2D eigenvalue weighted by Crippen LogP contribution is 2.33. The van der Waals surface area contributed by atoms with E-state index in [1.807, 2.05) is 19.1 Å². The second-order valence-electron chi connectivity index (χ2n) is 4.52. The van der Waals surface area contributed by atoms with Gasteiger partial charge in [0.2, 0.25) is 0 Å². The summed E-state index contributed by atoms with van der Waals surface area (Å²) in [5, 5.41) is 3.52. The van der Waals surface area contributed by atoms with E-state index in [4.69, 9.17) is 0 Å². The van der Waals surface area contributed by atoms with Crippen molar-refractivity contribution in [3.8, 4) is 0 Å². The number of anilines is 1. The highest BCUT2D eigenvalue weighted by Gasteiger charge is 2.26. The lowest BCUT2D eigenvalue weighted by molar-refractivity contribution is -0.110. The number of carbonyl (C=O) groups excluding carboxylic acids is 1. The lowest BCUT2D eigenvalue weighted by Crippen LogP contribution is -2.04. The molecule has 2 aromatic heterocycles. The molecule has 0 radical (unpaired) electrons. The molecule has 4 nitrogen and oxygen atoms in total. The third kappa shape index (κ3) is 2.87. The monoisotopic (exact) mass is 317 g/mol. The topological polar surface area (TPSA) is 54.9 Å². The van der Waals surface area contributed by atoms with Crippen molar-refractivity contribution in [2.75, 3.05) is 11.1 Å². The van der Waals surface area contributed by atoms with Crippen molar-refractivity contribution < 1.29 is 4.79 Å². The van der Waals surface area contributed by atoms with E-state index in [0.29, 0.717) is 16.5 Å². The normalized spacial score (nSPS) is 15.3. The van der Waals surface area contributed by atoms with Crippen LogP contribution >= 0.6 is 23.1 Å². The minimum atomic E-state index is -0.107. The first kappa shape index (κ1) is 14.3. The number of nitrogens with zero attached hydrogens (tertiary/aromatic N) is 2. The largest absolute Gasteiger partial charge is 0.306 e. The summed E-state index contributed by atoms with van der Waals surface area (Å²) >= 11 is 3.27. The standard InChI is InChI=1S/C15H15N3OS2/c1-3-9-5-6-10(21-9)7-11-12-8-16-15(20-4-2)18-13(12)17-14(11)19/h5-8H,3-4H2,1-2H3,(H,16,17,18,19). The molecule has 0 saturated heterocycles. The first-order valence-corrected chi connectivity index (χ1v) is 8.63. The fourth-order valence-electron chi connectivity index (χ4n) is 2.10. The third-order valence-electron chi connectivity index (χ3n) is 3.12. The van der Waals surface area contributed by atoms with Crippen LogP contribution in [-0.4, -0.2) is 21.6 Å². The summed E-state index contributed by atoms with van der Waals surface area (Å²) in [5.74, 6) is 1.42. The maximum atomic E-state index is 12.1. The molecule has 0 saturated carbocycles. The number of hydrogen-bond acceptors (Lipinski definition) is 5. The van der Waals surface area contributed by atoms with Crippen LogP contribution in [0.3, 0.4) is 0 Å². The molecule has 0 atom stereocenters. The van der Waals surface area contributed by atoms with Gasteiger partial charge < -0.3 is 5.32 Å². The van der Waals surface area contributed by atoms with E-state index in [2.05, 4.69) is 28.3 Å². The number of aryl methyl sites for hydroxylation is 1. The number of thiophene rings is 1. The van der Waals surface area contributed by atoms with Crippen molar-refractivity contribution >= 4 is 46.5 Å². The molecule has 0 aromatic carbocycles. The van der Waals surface area contributed by atoms with Crippen LogP contribution in [0.2, 0.25) is 0 Å². The van der Waals surface area contributed by atoms with Gasteiger partial charge in [0.05, 0.1) is 5.57 Å². The molecular weight excluding hydrogens is 302 g/mol. The maximum Gasteiger partial charge on any atom is 0.257 e. The molecule has 1 aliphatic rings. The second-order valence-corrected chi connectivity index (χ2v) is 6.95. The third-order valence-corrected chi connectivity index (χ3v) is 5.04. The number of thioether (sulfide) groups is 1. The van der Waals surface area contributed by atoms with Crippen molar-refractivity contribution in [3.05, 3.63) is 33.6 Å². The zero-order valence-electron chi connectivity index (χ0n) is 11.8. The fraction of sp³-hybridized carbons (Fsp3) is 0.267. The van der Waals surface area contributed by atoms with Crippen LogP contribution in [0, 0.1) is 0 Å². The first-order valence-electron chi connectivity index (χ1n) is 6.83. The molecule has 1 aliphatic heterocycles. The van der Waals surface area contributed by atoms with E-state index >= 15 is 0 Å². The number of carbonyl (C=O) groups is 1. The SMILES string of the molecule is CCSc1ncc2c(n1)NC(=O)C2=Cc1ccc(CC)s1. The summed E-state index contributed by atoms with van der Waals surface area (Å²) in [6, 6.07) is 4.15. The summed E-state index contributed by atoms with van der Waals surface area (Å²) < 4.78 is 0. The number of nitrogens with one attached hydrogen (secondary N) is 1. The van der Waals surface area contributed by atoms with Gasteiger partial charge in [0.25, 0.3) is 5.91 Å². The van der Waals surface area contributed by atoms with E-state index in [0.717, 1.165) is 22.6 Å². The van der Waals surface area contributed by atoms with Crippen LogP contribution in [0.15, 0.2) is 23.5 Å². The van der Waals surface area contributed by atoms with Crippen LogP contribution in [0.1, 0.15) is 29.2 Å². The summed E-state index contributed by atoms with van der Waals surface area (Å²) in [4.78, 5) is 23.2. The Kier molecular flexibility index (Phi) is 4.07. The van der Waals surface area contributed by atoms with E-state index < -0.39 is 0 Å². The van der Waals surface area contributed by atoms with Crippen molar-refractivity contribution in [1.82, 2.24) is 9.97 Å². The molecule has 0 bridgehead atoms. The molecule has 0 spiro atoms. The van der Waals surface area contributed by atoms with Gasteiger partial charge >= 0.3 is 0 Å². The molecule has 0 fully saturated rings. The van der Waals surface area contributed by atoms with E-state index in [1.54, 1.807) is 29.3 Å². The molecule has 6 heteroatoms. The predicted octanol–water partition coefficient (Wildman–Crippen LogP) is 3.71. The summed E-state index contributed by atoms with van der Waals surface area (Å²) in [6.45, 7) is 4.17. The Hall–Kier alpha value is -1.66. The van der Waals surface area contributed by atoms with Crippen LogP contribution in [-0.2, 0) is 11.2 Å². The Morgan fingerprint density at radius 1 is 1.38 bits per heavy atom. The average Bonchev–Trinajstić information content (AvgIpc) is 3.05. The second kappa shape index (κ2) is 5.99. The molecule has 2 aromatic rings. The van der Waals surface area contributed by atoms with Gasteiger partial charge in [-0.2, -0.15) is 0 Å². The highest BCUT2D eigenvalue weighted by atomic mass is 32.2. The average molecular weight is 317 g/mol. The number of fused-ring (bicyclic) bond motifs is 1. The van der Waals surface area contributed by atoms with Gasteiger partial charge in [0.1, 0.15) is 5.82 Å². The molecule has 0 unspecified atom stereocenters. The minimum absolute atomic E-state index is 0.107. The van der Waals surface area contributed by atoms with Crippen LogP contribution in [0.4, 0.5) is 5.82 Å². The Balaban J connectivity index is 1.96. The van der Waals surface area contributed by atoms with Crippen LogP contribution < -0.4 is 5.32 Å². The zero-order chi connectivity index (χ0) is 14.8. The molecule has 3 rings (SSSR count). The highest BCUT2D eigenvalue weighted by molar-refractivity contribution is 7.99.